The van der Waals surface area contributed by atoms with Gasteiger partial charge >= 0.3 is 0 Å². The van der Waals surface area contributed by atoms with E-state index in [4.69, 9.17) is 9.47 Å². The lowest BCUT2D eigenvalue weighted by molar-refractivity contribution is 0.355. The first-order valence-corrected chi connectivity index (χ1v) is 5.92. The average molecular weight is 236 g/mol. The normalized spacial score (nSPS) is 19.1. The average Bonchev–Trinajstić information content (AvgIpc) is 2.90. The van der Waals surface area contributed by atoms with Crippen LogP contribution in [0.15, 0.2) is 18.2 Å². The van der Waals surface area contributed by atoms with Crippen molar-refractivity contribution in [2.45, 2.75) is 12.5 Å². The van der Waals surface area contributed by atoms with E-state index in [9.17, 15) is 0 Å². The van der Waals surface area contributed by atoms with Gasteiger partial charge in [0.2, 0.25) is 0 Å². The molecule has 1 aliphatic heterocycles. The van der Waals surface area contributed by atoms with Crippen LogP contribution in [0.3, 0.4) is 0 Å². The predicted molar refractivity (Wildman–Crippen MR) is 69.2 cm³/mol. The van der Waals surface area contributed by atoms with Gasteiger partial charge in [0.05, 0.1) is 14.2 Å². The molecule has 0 spiro atoms. The Bertz CT molecular complexity index is 376. The third-order valence-corrected chi connectivity index (χ3v) is 3.36. The SMILES string of the molecule is COc1ccc(N(C)C2CCNC2)cc1OC. The summed E-state index contributed by atoms with van der Waals surface area (Å²) in [6.45, 7) is 2.15. The van der Waals surface area contributed by atoms with Crippen molar-refractivity contribution in [3.63, 3.8) is 0 Å². The Morgan fingerprint density at radius 3 is 2.59 bits per heavy atom. The number of nitrogens with zero attached hydrogens (tertiary/aromatic N) is 1. The highest BCUT2D eigenvalue weighted by molar-refractivity contribution is 5.56. The number of rotatable bonds is 4. The van der Waals surface area contributed by atoms with Crippen LogP contribution in [0.5, 0.6) is 11.5 Å². The molecule has 0 aromatic heterocycles. The molecule has 1 heterocycles. The topological polar surface area (TPSA) is 33.7 Å². The van der Waals surface area contributed by atoms with Crippen molar-refractivity contribution in [3.8, 4) is 11.5 Å². The third kappa shape index (κ3) is 2.47. The summed E-state index contributed by atoms with van der Waals surface area (Å²) in [5.74, 6) is 1.55. The number of anilines is 1. The number of likely N-dealkylation sites (N-methyl/N-ethyl adjacent to an activating group) is 1. The molecule has 4 nitrogen and oxygen atoms in total. The van der Waals surface area contributed by atoms with Gasteiger partial charge in [-0.25, -0.2) is 0 Å². The molecule has 0 bridgehead atoms. The zero-order valence-electron chi connectivity index (χ0n) is 10.7. The summed E-state index contributed by atoms with van der Waals surface area (Å²) in [5, 5.41) is 3.38. The highest BCUT2D eigenvalue weighted by atomic mass is 16.5. The van der Waals surface area contributed by atoms with E-state index < -0.39 is 0 Å². The van der Waals surface area contributed by atoms with Crippen LogP contribution in [0.1, 0.15) is 6.42 Å². The van der Waals surface area contributed by atoms with Crippen LogP contribution in [0.25, 0.3) is 0 Å². The molecule has 0 saturated carbocycles. The molecule has 1 aliphatic rings. The van der Waals surface area contributed by atoms with E-state index in [2.05, 4.69) is 23.3 Å². The Morgan fingerprint density at radius 1 is 1.24 bits per heavy atom. The molecular weight excluding hydrogens is 216 g/mol. The van der Waals surface area contributed by atoms with Gasteiger partial charge in [-0.15, -0.1) is 0 Å². The van der Waals surface area contributed by atoms with Gasteiger partial charge in [0.1, 0.15) is 0 Å². The van der Waals surface area contributed by atoms with Crippen molar-refractivity contribution in [2.24, 2.45) is 0 Å². The zero-order chi connectivity index (χ0) is 12.3. The monoisotopic (exact) mass is 236 g/mol. The van der Waals surface area contributed by atoms with Crippen molar-refractivity contribution in [2.75, 3.05) is 39.3 Å². The van der Waals surface area contributed by atoms with E-state index in [0.29, 0.717) is 6.04 Å². The second-order valence-electron chi connectivity index (χ2n) is 4.30. The summed E-state index contributed by atoms with van der Waals surface area (Å²) in [6, 6.07) is 6.61. The molecule has 17 heavy (non-hydrogen) atoms. The molecule has 4 heteroatoms. The van der Waals surface area contributed by atoms with Crippen LogP contribution in [-0.4, -0.2) is 40.4 Å². The van der Waals surface area contributed by atoms with Gasteiger partial charge in [0.15, 0.2) is 11.5 Å². The second-order valence-corrected chi connectivity index (χ2v) is 4.30. The maximum Gasteiger partial charge on any atom is 0.162 e. The minimum absolute atomic E-state index is 0.563. The maximum absolute atomic E-state index is 5.32. The fourth-order valence-electron chi connectivity index (χ4n) is 2.23. The van der Waals surface area contributed by atoms with Crippen molar-refractivity contribution < 1.29 is 9.47 Å². The summed E-state index contributed by atoms with van der Waals surface area (Å²) < 4.78 is 10.6. The molecule has 1 fully saturated rings. The van der Waals surface area contributed by atoms with Crippen molar-refractivity contribution in [1.82, 2.24) is 5.32 Å². The molecule has 1 saturated heterocycles. The summed E-state index contributed by atoms with van der Waals surface area (Å²) in [5.41, 5.74) is 1.16. The first-order valence-electron chi connectivity index (χ1n) is 5.92. The molecule has 1 atom stereocenters. The molecule has 94 valence electrons. The van der Waals surface area contributed by atoms with Gasteiger partial charge in [-0.3, -0.25) is 0 Å². The van der Waals surface area contributed by atoms with Gasteiger partial charge in [-0.2, -0.15) is 0 Å². The summed E-state index contributed by atoms with van der Waals surface area (Å²) >= 11 is 0. The van der Waals surface area contributed by atoms with Crippen LogP contribution in [0.4, 0.5) is 5.69 Å². The Hall–Kier alpha value is -1.42. The minimum atomic E-state index is 0.563. The van der Waals surface area contributed by atoms with Gasteiger partial charge < -0.3 is 19.7 Å². The minimum Gasteiger partial charge on any atom is -0.493 e. The van der Waals surface area contributed by atoms with Crippen LogP contribution in [-0.2, 0) is 0 Å². The lowest BCUT2D eigenvalue weighted by Crippen LogP contribution is -2.33. The Morgan fingerprint density at radius 2 is 2.00 bits per heavy atom. The number of hydrogen-bond donors (Lipinski definition) is 1. The molecule has 1 N–H and O–H groups in total. The zero-order valence-corrected chi connectivity index (χ0v) is 10.7. The quantitative estimate of drug-likeness (QED) is 0.859. The predicted octanol–water partition coefficient (Wildman–Crippen LogP) is 1.50. The number of benzene rings is 1. The summed E-state index contributed by atoms with van der Waals surface area (Å²) in [7, 11) is 5.44. The fraction of sp³-hybridized carbons (Fsp3) is 0.538. The standard InChI is InChI=1S/C13H20N2O2/c1-15(11-6-7-14-9-11)10-4-5-12(16-2)13(8-10)17-3/h4-5,8,11,14H,6-7,9H2,1-3H3. The maximum atomic E-state index is 5.32. The lowest BCUT2D eigenvalue weighted by Gasteiger charge is -2.26. The Kier molecular flexibility index (Phi) is 3.74. The second kappa shape index (κ2) is 5.27. The molecule has 0 amide bonds. The van der Waals surface area contributed by atoms with E-state index in [1.165, 1.54) is 6.42 Å². The molecule has 1 unspecified atom stereocenters. The fourth-order valence-corrected chi connectivity index (χ4v) is 2.23. The Balaban J connectivity index is 2.20. The summed E-state index contributed by atoms with van der Waals surface area (Å²) in [4.78, 5) is 2.29. The number of ether oxygens (including phenoxy) is 2. The first kappa shape index (κ1) is 12.0. The van der Waals surface area contributed by atoms with Crippen molar-refractivity contribution >= 4 is 5.69 Å². The van der Waals surface area contributed by atoms with E-state index in [0.717, 1.165) is 30.3 Å². The molecule has 0 aliphatic carbocycles. The third-order valence-electron chi connectivity index (χ3n) is 3.36. The molecule has 2 rings (SSSR count). The lowest BCUT2D eigenvalue weighted by atomic mass is 10.2. The number of hydrogen-bond acceptors (Lipinski definition) is 4. The van der Waals surface area contributed by atoms with E-state index in [1.807, 2.05) is 12.1 Å². The van der Waals surface area contributed by atoms with Gasteiger partial charge in [-0.1, -0.05) is 0 Å². The smallest absolute Gasteiger partial charge is 0.162 e. The summed E-state index contributed by atoms with van der Waals surface area (Å²) in [6.07, 6.45) is 1.19. The highest BCUT2D eigenvalue weighted by Crippen LogP contribution is 2.32. The van der Waals surface area contributed by atoms with Crippen LogP contribution in [0.2, 0.25) is 0 Å². The van der Waals surface area contributed by atoms with Gasteiger partial charge in [0, 0.05) is 31.4 Å². The number of methoxy groups -OCH3 is 2. The van der Waals surface area contributed by atoms with Gasteiger partial charge in [0.25, 0.3) is 0 Å². The van der Waals surface area contributed by atoms with Crippen molar-refractivity contribution in [1.29, 1.82) is 0 Å². The number of nitrogens with one attached hydrogen (secondary N) is 1. The largest absolute Gasteiger partial charge is 0.493 e. The van der Waals surface area contributed by atoms with Crippen LogP contribution in [0, 0.1) is 0 Å². The highest BCUT2D eigenvalue weighted by Gasteiger charge is 2.20. The van der Waals surface area contributed by atoms with E-state index >= 15 is 0 Å². The van der Waals surface area contributed by atoms with Gasteiger partial charge in [-0.05, 0) is 25.1 Å². The van der Waals surface area contributed by atoms with Crippen molar-refractivity contribution in [3.05, 3.63) is 18.2 Å². The molecule has 0 radical (unpaired) electrons. The first-order chi connectivity index (χ1) is 8.26. The van der Waals surface area contributed by atoms with E-state index in [-0.39, 0.29) is 0 Å². The molecule has 1 aromatic rings. The van der Waals surface area contributed by atoms with Crippen LogP contribution < -0.4 is 19.7 Å². The molecule has 1 aromatic carbocycles. The van der Waals surface area contributed by atoms with E-state index in [1.54, 1.807) is 14.2 Å². The Labute approximate surface area is 103 Å². The van der Waals surface area contributed by atoms with Crippen LogP contribution >= 0.6 is 0 Å². The molecular formula is C13H20N2O2.